The zero-order valence-corrected chi connectivity index (χ0v) is 18.8. The minimum absolute atomic E-state index is 0.216. The molecule has 0 aromatic heterocycles. The van der Waals surface area contributed by atoms with E-state index in [0.29, 0.717) is 16.8 Å². The number of thiocarbonyl (C=S) groups is 1. The molecule has 0 amide bonds. The van der Waals surface area contributed by atoms with Crippen molar-refractivity contribution in [2.45, 2.75) is 63.8 Å². The molecule has 0 spiro atoms. The lowest BCUT2D eigenvalue weighted by Gasteiger charge is -2.24. The molecule has 0 bridgehead atoms. The Morgan fingerprint density at radius 2 is 1.55 bits per heavy atom. The van der Waals surface area contributed by atoms with Gasteiger partial charge in [0.2, 0.25) is 0 Å². The average molecular weight is 432 g/mol. The van der Waals surface area contributed by atoms with E-state index in [2.05, 4.69) is 15.4 Å². The summed E-state index contributed by atoms with van der Waals surface area (Å²) < 4.78 is 28.4. The molecule has 0 heterocycles. The van der Waals surface area contributed by atoms with Crippen LogP contribution in [0.3, 0.4) is 0 Å². The van der Waals surface area contributed by atoms with Crippen molar-refractivity contribution in [1.29, 1.82) is 0 Å². The summed E-state index contributed by atoms with van der Waals surface area (Å²) in [5.41, 5.74) is 4.32. The summed E-state index contributed by atoms with van der Waals surface area (Å²) in [6.45, 7) is 5.81. The molecule has 3 rings (SSSR count). The van der Waals surface area contributed by atoms with Crippen LogP contribution < -0.4 is 15.4 Å². The fourth-order valence-corrected chi connectivity index (χ4v) is 5.34. The smallest absolute Gasteiger partial charge is 0.261 e. The van der Waals surface area contributed by atoms with Crippen LogP contribution in [0, 0.1) is 20.8 Å². The molecular formula is C22H29N3O2S2. The third kappa shape index (κ3) is 5.70. The largest absolute Gasteiger partial charge is 0.360 e. The van der Waals surface area contributed by atoms with Crippen molar-refractivity contribution in [2.75, 3.05) is 10.0 Å². The maximum atomic E-state index is 12.8. The molecule has 1 aliphatic carbocycles. The third-order valence-electron chi connectivity index (χ3n) is 5.28. The Morgan fingerprint density at radius 1 is 0.966 bits per heavy atom. The van der Waals surface area contributed by atoms with Gasteiger partial charge >= 0.3 is 0 Å². The fraction of sp³-hybridized carbons (Fsp3) is 0.409. The van der Waals surface area contributed by atoms with Gasteiger partial charge in [0.05, 0.1) is 10.6 Å². The van der Waals surface area contributed by atoms with Crippen LogP contribution in [0.1, 0.15) is 48.8 Å². The first-order valence-corrected chi connectivity index (χ1v) is 11.9. The number of nitrogens with one attached hydrogen (secondary N) is 3. The standard InChI is InChI=1S/C22H29N3O2S2/c1-15-13-16(2)21(17(3)14-15)25-29(26,27)20-11-9-19(10-12-20)24-22(28)23-18-7-5-4-6-8-18/h9-14,18,25H,4-8H2,1-3H3,(H2,23,24,28). The predicted molar refractivity (Wildman–Crippen MR) is 124 cm³/mol. The third-order valence-corrected chi connectivity index (χ3v) is 6.86. The molecule has 0 radical (unpaired) electrons. The van der Waals surface area contributed by atoms with Crippen molar-refractivity contribution in [1.82, 2.24) is 5.32 Å². The van der Waals surface area contributed by atoms with Crippen molar-refractivity contribution < 1.29 is 8.42 Å². The first-order valence-electron chi connectivity index (χ1n) is 10.0. The monoisotopic (exact) mass is 431 g/mol. The van der Waals surface area contributed by atoms with E-state index in [1.54, 1.807) is 24.3 Å². The number of sulfonamides is 1. The first-order chi connectivity index (χ1) is 13.7. The molecule has 5 nitrogen and oxygen atoms in total. The molecule has 2 aromatic carbocycles. The Labute approximate surface area is 179 Å². The van der Waals surface area contributed by atoms with Crippen molar-refractivity contribution in [2.24, 2.45) is 0 Å². The Hall–Kier alpha value is -2.12. The average Bonchev–Trinajstić information content (AvgIpc) is 2.66. The summed E-state index contributed by atoms with van der Waals surface area (Å²) >= 11 is 5.40. The van der Waals surface area contributed by atoms with Crippen LogP contribution in [0.15, 0.2) is 41.3 Å². The van der Waals surface area contributed by atoms with Crippen molar-refractivity contribution in [3.63, 3.8) is 0 Å². The zero-order chi connectivity index (χ0) is 21.0. The van der Waals surface area contributed by atoms with E-state index < -0.39 is 10.0 Å². The van der Waals surface area contributed by atoms with Gasteiger partial charge in [0.15, 0.2) is 5.11 Å². The molecule has 1 saturated carbocycles. The molecule has 29 heavy (non-hydrogen) atoms. The van der Waals surface area contributed by atoms with Gasteiger partial charge in [-0.25, -0.2) is 8.42 Å². The molecule has 7 heteroatoms. The molecule has 1 fully saturated rings. The number of rotatable bonds is 5. The Morgan fingerprint density at radius 3 is 2.14 bits per heavy atom. The van der Waals surface area contributed by atoms with E-state index in [-0.39, 0.29) is 4.90 Å². The van der Waals surface area contributed by atoms with E-state index in [9.17, 15) is 8.42 Å². The summed E-state index contributed by atoms with van der Waals surface area (Å²) in [5, 5.41) is 7.08. The van der Waals surface area contributed by atoms with E-state index in [1.807, 2.05) is 32.9 Å². The Balaban J connectivity index is 1.66. The predicted octanol–water partition coefficient (Wildman–Crippen LogP) is 5.03. The van der Waals surface area contributed by atoms with Gasteiger partial charge in [0.1, 0.15) is 0 Å². The molecular weight excluding hydrogens is 402 g/mol. The first kappa shape index (κ1) is 21.6. The fourth-order valence-electron chi connectivity index (χ4n) is 3.85. The molecule has 0 atom stereocenters. The van der Waals surface area contributed by atoms with Gasteiger partial charge in [-0.15, -0.1) is 0 Å². The number of hydrogen-bond acceptors (Lipinski definition) is 3. The summed E-state index contributed by atoms with van der Waals surface area (Å²) in [6.07, 6.45) is 6.05. The highest BCUT2D eigenvalue weighted by Crippen LogP contribution is 2.25. The number of anilines is 2. The molecule has 0 aliphatic heterocycles. The van der Waals surface area contributed by atoms with Crippen molar-refractivity contribution >= 4 is 38.7 Å². The second-order valence-electron chi connectivity index (χ2n) is 7.84. The highest BCUT2D eigenvalue weighted by molar-refractivity contribution is 7.92. The Bertz CT molecular complexity index is 957. The van der Waals surface area contributed by atoms with Crippen LogP contribution in [0.5, 0.6) is 0 Å². The lowest BCUT2D eigenvalue weighted by Crippen LogP contribution is -2.38. The molecule has 156 valence electrons. The van der Waals surface area contributed by atoms with Gasteiger partial charge in [-0.2, -0.15) is 0 Å². The minimum Gasteiger partial charge on any atom is -0.360 e. The normalized spacial score (nSPS) is 15.0. The van der Waals surface area contributed by atoms with E-state index >= 15 is 0 Å². The van der Waals surface area contributed by atoms with Crippen LogP contribution in [-0.2, 0) is 10.0 Å². The van der Waals surface area contributed by atoms with Crippen molar-refractivity contribution in [3.8, 4) is 0 Å². The number of benzene rings is 2. The van der Waals surface area contributed by atoms with Crippen LogP contribution >= 0.6 is 12.2 Å². The van der Waals surface area contributed by atoms with Gasteiger partial charge in [0.25, 0.3) is 10.0 Å². The molecule has 3 N–H and O–H groups in total. The second-order valence-corrected chi connectivity index (χ2v) is 9.93. The lowest BCUT2D eigenvalue weighted by molar-refractivity contribution is 0.415. The van der Waals surface area contributed by atoms with Crippen LogP contribution in [-0.4, -0.2) is 19.6 Å². The quantitative estimate of drug-likeness (QED) is 0.579. The number of hydrogen-bond donors (Lipinski definition) is 3. The van der Waals surface area contributed by atoms with Crippen LogP contribution in [0.4, 0.5) is 11.4 Å². The minimum atomic E-state index is -3.67. The highest BCUT2D eigenvalue weighted by atomic mass is 32.2. The highest BCUT2D eigenvalue weighted by Gasteiger charge is 2.17. The van der Waals surface area contributed by atoms with E-state index in [4.69, 9.17) is 12.2 Å². The summed E-state index contributed by atoms with van der Waals surface area (Å²) in [6, 6.07) is 11.0. The van der Waals surface area contributed by atoms with Gasteiger partial charge in [0, 0.05) is 11.7 Å². The topological polar surface area (TPSA) is 70.2 Å². The second kappa shape index (κ2) is 9.13. The summed E-state index contributed by atoms with van der Waals surface area (Å²) in [4.78, 5) is 0.216. The molecule has 0 unspecified atom stereocenters. The van der Waals surface area contributed by atoms with Crippen LogP contribution in [0.2, 0.25) is 0 Å². The van der Waals surface area contributed by atoms with Crippen LogP contribution in [0.25, 0.3) is 0 Å². The van der Waals surface area contributed by atoms with Gasteiger partial charge < -0.3 is 10.6 Å². The number of aryl methyl sites for hydroxylation is 3. The van der Waals surface area contributed by atoms with E-state index in [0.717, 1.165) is 35.2 Å². The maximum absolute atomic E-state index is 12.8. The Kier molecular flexibility index (Phi) is 6.80. The summed E-state index contributed by atoms with van der Waals surface area (Å²) in [7, 11) is -3.67. The molecule has 0 saturated heterocycles. The molecule has 2 aromatic rings. The maximum Gasteiger partial charge on any atom is 0.261 e. The summed E-state index contributed by atoms with van der Waals surface area (Å²) in [5.74, 6) is 0. The lowest BCUT2D eigenvalue weighted by atomic mass is 9.96. The van der Waals surface area contributed by atoms with Gasteiger partial charge in [-0.1, -0.05) is 37.0 Å². The zero-order valence-electron chi connectivity index (χ0n) is 17.2. The van der Waals surface area contributed by atoms with Gasteiger partial charge in [-0.05, 0) is 81.2 Å². The molecule has 1 aliphatic rings. The SMILES string of the molecule is Cc1cc(C)c(NS(=O)(=O)c2ccc(NC(=S)NC3CCCCC3)cc2)c(C)c1. The van der Waals surface area contributed by atoms with Gasteiger partial charge in [-0.3, -0.25) is 4.72 Å². The van der Waals surface area contributed by atoms with Crippen molar-refractivity contribution in [3.05, 3.63) is 53.1 Å². The van der Waals surface area contributed by atoms with E-state index in [1.165, 1.54) is 19.3 Å².